The second-order valence-corrected chi connectivity index (χ2v) is 6.56. The van der Waals surface area contributed by atoms with Gasteiger partial charge in [0.1, 0.15) is 0 Å². The maximum Gasteiger partial charge on any atom is 0.256 e. The molecule has 0 fully saturated rings. The average Bonchev–Trinajstić information content (AvgIpc) is 2.25. The van der Waals surface area contributed by atoms with Gasteiger partial charge in [-0.25, -0.2) is 32.1 Å². The van der Waals surface area contributed by atoms with Crippen molar-refractivity contribution < 1.29 is 16.8 Å². The number of fused-ring (bicyclic) bond motifs is 1. The Morgan fingerprint density at radius 3 is 2.11 bits per heavy atom. The zero-order valence-electron chi connectivity index (χ0n) is 8.94. The molecule has 0 atom stereocenters. The molecular formula is C9H9N3O4S2. The molecule has 0 aliphatic carbocycles. The quantitative estimate of drug-likeness (QED) is 0.770. The molecule has 0 unspecified atom stereocenters. The summed E-state index contributed by atoms with van der Waals surface area (Å²) < 4.78 is 45.3. The predicted molar refractivity (Wildman–Crippen MR) is 64.5 cm³/mol. The van der Waals surface area contributed by atoms with Crippen LogP contribution >= 0.6 is 0 Å². The van der Waals surface area contributed by atoms with Gasteiger partial charge in [0.05, 0.1) is 0 Å². The fourth-order valence-corrected chi connectivity index (χ4v) is 2.79. The normalized spacial score (nSPS) is 12.8. The maximum absolute atomic E-state index is 11.4. The molecule has 0 bridgehead atoms. The third kappa shape index (κ3) is 2.34. The minimum atomic E-state index is -4.14. The molecule has 0 radical (unpaired) electrons. The lowest BCUT2D eigenvalue weighted by molar-refractivity contribution is 0.588. The molecular weight excluding hydrogens is 278 g/mol. The molecule has 1 aromatic heterocycles. The molecule has 18 heavy (non-hydrogen) atoms. The van der Waals surface area contributed by atoms with Crippen molar-refractivity contribution in [2.75, 3.05) is 0 Å². The summed E-state index contributed by atoms with van der Waals surface area (Å²) in [4.78, 5) is 3.52. The fourth-order valence-electron chi connectivity index (χ4n) is 1.51. The van der Waals surface area contributed by atoms with Gasteiger partial charge in [-0.15, -0.1) is 0 Å². The Bertz CT molecular complexity index is 828. The van der Waals surface area contributed by atoms with E-state index in [-0.39, 0.29) is 5.39 Å². The predicted octanol–water partition coefficient (Wildman–Crippen LogP) is -0.470. The van der Waals surface area contributed by atoms with E-state index in [1.165, 1.54) is 12.1 Å². The lowest BCUT2D eigenvalue weighted by Crippen LogP contribution is -2.19. The van der Waals surface area contributed by atoms with Crippen LogP contribution in [0.3, 0.4) is 0 Å². The molecule has 0 amide bonds. The summed E-state index contributed by atoms with van der Waals surface area (Å²) in [7, 11) is -8.25. The summed E-state index contributed by atoms with van der Waals surface area (Å²) in [6, 6.07) is 7.44. The smallest absolute Gasteiger partial charge is 0.223 e. The van der Waals surface area contributed by atoms with Gasteiger partial charge < -0.3 is 0 Å². The molecule has 0 aliphatic heterocycles. The van der Waals surface area contributed by atoms with Crippen molar-refractivity contribution in [3.05, 3.63) is 30.3 Å². The maximum atomic E-state index is 11.4. The molecule has 2 rings (SSSR count). The topological polar surface area (TPSA) is 133 Å². The number of hydrogen-bond acceptors (Lipinski definition) is 5. The van der Waals surface area contributed by atoms with Crippen molar-refractivity contribution in [1.82, 2.24) is 4.98 Å². The highest BCUT2D eigenvalue weighted by Crippen LogP contribution is 2.22. The van der Waals surface area contributed by atoms with E-state index in [4.69, 9.17) is 10.3 Å². The van der Waals surface area contributed by atoms with Crippen LogP contribution < -0.4 is 10.3 Å². The molecule has 4 N–H and O–H groups in total. The zero-order chi connectivity index (χ0) is 13.6. The van der Waals surface area contributed by atoms with Crippen molar-refractivity contribution in [3.63, 3.8) is 0 Å². The van der Waals surface area contributed by atoms with Crippen LogP contribution in [0.2, 0.25) is 0 Å². The number of sulfonamides is 2. The zero-order valence-corrected chi connectivity index (χ0v) is 10.6. The molecule has 0 aliphatic rings. The first-order chi connectivity index (χ1) is 8.19. The van der Waals surface area contributed by atoms with Gasteiger partial charge in [-0.2, -0.15) is 0 Å². The molecule has 1 aromatic carbocycles. The number of nitrogens with zero attached hydrogens (tertiary/aromatic N) is 1. The molecule has 0 saturated heterocycles. The van der Waals surface area contributed by atoms with Crippen LogP contribution in [-0.2, 0) is 20.0 Å². The first-order valence-corrected chi connectivity index (χ1v) is 7.74. The summed E-state index contributed by atoms with van der Waals surface area (Å²) in [5.74, 6) is 0. The average molecular weight is 287 g/mol. The van der Waals surface area contributed by atoms with Gasteiger partial charge in [0.25, 0.3) is 20.0 Å². The summed E-state index contributed by atoms with van der Waals surface area (Å²) in [6.45, 7) is 0. The Labute approximate surface area is 104 Å². The van der Waals surface area contributed by atoms with Crippen molar-refractivity contribution in [2.45, 2.75) is 10.1 Å². The van der Waals surface area contributed by atoms with E-state index in [0.29, 0.717) is 5.39 Å². The summed E-state index contributed by atoms with van der Waals surface area (Å²) in [6.07, 6.45) is 0. The van der Waals surface area contributed by atoms with Gasteiger partial charge in [-0.1, -0.05) is 24.3 Å². The van der Waals surface area contributed by atoms with Gasteiger partial charge in [0, 0.05) is 5.39 Å². The number of benzene rings is 1. The Kier molecular flexibility index (Phi) is 2.86. The first kappa shape index (κ1) is 12.9. The van der Waals surface area contributed by atoms with E-state index in [0.717, 1.165) is 0 Å². The third-order valence-electron chi connectivity index (χ3n) is 2.24. The van der Waals surface area contributed by atoms with Crippen LogP contribution in [0, 0.1) is 0 Å². The molecule has 2 aromatic rings. The third-order valence-corrected chi connectivity index (χ3v) is 3.89. The van der Waals surface area contributed by atoms with Crippen molar-refractivity contribution in [2.24, 2.45) is 10.3 Å². The highest BCUT2D eigenvalue weighted by molar-refractivity contribution is 7.89. The number of pyridine rings is 1. The summed E-state index contributed by atoms with van der Waals surface area (Å²) in [5, 5.41) is 9.52. The Hall–Kier alpha value is -1.55. The summed E-state index contributed by atoms with van der Waals surface area (Å²) in [5.41, 5.74) is 0. The fraction of sp³-hybridized carbons (Fsp3) is 0. The summed E-state index contributed by atoms with van der Waals surface area (Å²) >= 11 is 0. The molecule has 7 nitrogen and oxygen atoms in total. The lowest BCUT2D eigenvalue weighted by Gasteiger charge is -2.06. The highest BCUT2D eigenvalue weighted by Gasteiger charge is 2.19. The van der Waals surface area contributed by atoms with Gasteiger partial charge in [-0.05, 0) is 11.5 Å². The molecule has 1 heterocycles. The van der Waals surface area contributed by atoms with Gasteiger partial charge in [0.2, 0.25) is 0 Å². The molecule has 9 heteroatoms. The standard InChI is InChI=1S/C9H9N3O4S2/c10-17(13,14)8-5-6-3-1-2-4-7(6)9(12-8)18(11,15)16/h1-5H,(H2,10,13,14)(H2,11,15,16). The number of rotatable bonds is 2. The molecule has 0 saturated carbocycles. The highest BCUT2D eigenvalue weighted by atomic mass is 32.2. The van der Waals surface area contributed by atoms with E-state index in [1.54, 1.807) is 18.2 Å². The monoisotopic (exact) mass is 287 g/mol. The second kappa shape index (κ2) is 3.99. The number of hydrogen-bond donors (Lipinski definition) is 2. The van der Waals surface area contributed by atoms with Gasteiger partial charge >= 0.3 is 0 Å². The van der Waals surface area contributed by atoms with E-state index >= 15 is 0 Å². The van der Waals surface area contributed by atoms with Crippen LogP contribution in [0.15, 0.2) is 40.4 Å². The van der Waals surface area contributed by atoms with Crippen LogP contribution in [0.1, 0.15) is 0 Å². The lowest BCUT2D eigenvalue weighted by atomic mass is 10.2. The number of aromatic nitrogens is 1. The minimum absolute atomic E-state index is 0.243. The van der Waals surface area contributed by atoms with E-state index in [1.807, 2.05) is 0 Å². The Morgan fingerprint density at radius 2 is 1.56 bits per heavy atom. The number of nitrogens with two attached hydrogens (primary N) is 2. The van der Waals surface area contributed by atoms with E-state index in [2.05, 4.69) is 4.98 Å². The van der Waals surface area contributed by atoms with Gasteiger partial charge in [0.15, 0.2) is 10.1 Å². The van der Waals surface area contributed by atoms with Crippen molar-refractivity contribution >= 4 is 30.8 Å². The van der Waals surface area contributed by atoms with Crippen LogP contribution in [0.25, 0.3) is 10.8 Å². The molecule has 96 valence electrons. The second-order valence-electron chi connectivity index (χ2n) is 3.58. The Balaban J connectivity index is 3.00. The number of primary sulfonamides is 2. The van der Waals surface area contributed by atoms with Crippen molar-refractivity contribution in [3.8, 4) is 0 Å². The first-order valence-electron chi connectivity index (χ1n) is 4.65. The van der Waals surface area contributed by atoms with E-state index < -0.39 is 30.1 Å². The van der Waals surface area contributed by atoms with Crippen molar-refractivity contribution in [1.29, 1.82) is 0 Å². The van der Waals surface area contributed by atoms with Crippen LogP contribution in [0.5, 0.6) is 0 Å². The Morgan fingerprint density at radius 1 is 0.944 bits per heavy atom. The van der Waals surface area contributed by atoms with Crippen LogP contribution in [0.4, 0.5) is 0 Å². The molecule has 0 spiro atoms. The minimum Gasteiger partial charge on any atom is -0.223 e. The van der Waals surface area contributed by atoms with E-state index in [9.17, 15) is 16.8 Å². The van der Waals surface area contributed by atoms with Gasteiger partial charge in [-0.3, -0.25) is 0 Å². The largest absolute Gasteiger partial charge is 0.256 e. The SMILES string of the molecule is NS(=O)(=O)c1cc2ccccc2c(S(N)(=O)=O)n1. The van der Waals surface area contributed by atoms with Crippen LogP contribution in [-0.4, -0.2) is 21.8 Å².